The Kier molecular flexibility index (Phi) is 3.38. The van der Waals surface area contributed by atoms with E-state index in [1.807, 2.05) is 11.0 Å². The van der Waals surface area contributed by atoms with Gasteiger partial charge >= 0.3 is 0 Å². The minimum Gasteiger partial charge on any atom is -0.311 e. The fourth-order valence-corrected chi connectivity index (χ4v) is 4.72. The van der Waals surface area contributed by atoms with Crippen LogP contribution >= 0.6 is 15.9 Å². The Morgan fingerprint density at radius 1 is 1.17 bits per heavy atom. The second-order valence-corrected chi connectivity index (χ2v) is 7.78. The summed E-state index contributed by atoms with van der Waals surface area (Å²) in [5.41, 5.74) is 6.49. The standard InChI is InChI=1S/C20H20BrNO/c1-13-5-6-15-4-3-9-20(17(15)10-13)12-22(14(2)23)19-8-7-16(21)11-18(19)20/h5-8,10-11H,3-4,9,12H2,1-2H3. The maximum absolute atomic E-state index is 12.2. The highest BCUT2D eigenvalue weighted by atomic mass is 79.9. The Morgan fingerprint density at radius 3 is 2.78 bits per heavy atom. The number of carbonyl (C=O) groups is 1. The molecule has 0 bridgehead atoms. The molecule has 1 unspecified atom stereocenters. The predicted molar refractivity (Wildman–Crippen MR) is 97.1 cm³/mol. The summed E-state index contributed by atoms with van der Waals surface area (Å²) in [6.45, 7) is 4.59. The van der Waals surface area contributed by atoms with Crippen LogP contribution in [0.15, 0.2) is 40.9 Å². The van der Waals surface area contributed by atoms with Crippen LogP contribution in [0.25, 0.3) is 0 Å². The first kappa shape index (κ1) is 14.9. The van der Waals surface area contributed by atoms with E-state index in [1.54, 1.807) is 6.92 Å². The monoisotopic (exact) mass is 369 g/mol. The smallest absolute Gasteiger partial charge is 0.223 e. The number of carbonyl (C=O) groups excluding carboxylic acids is 1. The van der Waals surface area contributed by atoms with Crippen molar-refractivity contribution in [3.8, 4) is 0 Å². The largest absolute Gasteiger partial charge is 0.311 e. The Bertz CT molecular complexity index is 813. The van der Waals surface area contributed by atoms with E-state index >= 15 is 0 Å². The number of halogens is 1. The lowest BCUT2D eigenvalue weighted by Crippen LogP contribution is -2.39. The van der Waals surface area contributed by atoms with Gasteiger partial charge in [0, 0.05) is 29.0 Å². The molecule has 1 spiro atoms. The zero-order valence-electron chi connectivity index (χ0n) is 13.5. The molecule has 0 aromatic heterocycles. The number of hydrogen-bond acceptors (Lipinski definition) is 1. The first-order valence-electron chi connectivity index (χ1n) is 8.19. The van der Waals surface area contributed by atoms with Crippen molar-refractivity contribution in [1.29, 1.82) is 0 Å². The van der Waals surface area contributed by atoms with Crippen molar-refractivity contribution in [2.45, 2.75) is 38.5 Å². The average molecular weight is 370 g/mol. The molecule has 3 heteroatoms. The molecule has 23 heavy (non-hydrogen) atoms. The van der Waals surface area contributed by atoms with Crippen LogP contribution in [-0.2, 0) is 16.6 Å². The second-order valence-electron chi connectivity index (χ2n) is 6.86. The lowest BCUT2D eigenvalue weighted by atomic mass is 9.67. The lowest BCUT2D eigenvalue weighted by molar-refractivity contribution is -0.116. The maximum atomic E-state index is 12.2. The van der Waals surface area contributed by atoms with E-state index in [1.165, 1.54) is 28.7 Å². The summed E-state index contributed by atoms with van der Waals surface area (Å²) in [6, 6.07) is 13.2. The molecular formula is C20H20BrNO. The van der Waals surface area contributed by atoms with Crippen LogP contribution in [0.5, 0.6) is 0 Å². The molecule has 0 N–H and O–H groups in total. The van der Waals surface area contributed by atoms with Gasteiger partial charge in [-0.2, -0.15) is 0 Å². The normalized spacial score (nSPS) is 22.1. The summed E-state index contributed by atoms with van der Waals surface area (Å²) in [7, 11) is 0. The van der Waals surface area contributed by atoms with Gasteiger partial charge in [-0.3, -0.25) is 4.79 Å². The molecule has 1 heterocycles. The number of hydrogen-bond donors (Lipinski definition) is 0. The van der Waals surface area contributed by atoms with Crippen LogP contribution in [-0.4, -0.2) is 12.5 Å². The molecule has 0 saturated heterocycles. The zero-order valence-corrected chi connectivity index (χ0v) is 15.1. The average Bonchev–Trinajstić information content (AvgIpc) is 2.83. The topological polar surface area (TPSA) is 20.3 Å². The van der Waals surface area contributed by atoms with Gasteiger partial charge in [0.15, 0.2) is 0 Å². The van der Waals surface area contributed by atoms with Crippen molar-refractivity contribution in [1.82, 2.24) is 0 Å². The number of fused-ring (bicyclic) bond motifs is 4. The summed E-state index contributed by atoms with van der Waals surface area (Å²) in [5, 5.41) is 0. The summed E-state index contributed by atoms with van der Waals surface area (Å²) in [6.07, 6.45) is 3.42. The molecule has 1 aliphatic carbocycles. The van der Waals surface area contributed by atoms with E-state index < -0.39 is 0 Å². The highest BCUT2D eigenvalue weighted by Gasteiger charge is 2.47. The van der Waals surface area contributed by atoms with Gasteiger partial charge in [0.1, 0.15) is 0 Å². The van der Waals surface area contributed by atoms with Crippen molar-refractivity contribution >= 4 is 27.5 Å². The number of anilines is 1. The van der Waals surface area contributed by atoms with E-state index in [-0.39, 0.29) is 11.3 Å². The van der Waals surface area contributed by atoms with E-state index in [9.17, 15) is 4.79 Å². The third-order valence-corrected chi connectivity index (χ3v) is 5.90. The molecule has 2 aliphatic rings. The third kappa shape index (κ3) is 2.17. The minimum absolute atomic E-state index is 0.0512. The molecular weight excluding hydrogens is 350 g/mol. The molecule has 1 amide bonds. The second kappa shape index (κ2) is 5.20. The molecule has 0 fully saturated rings. The van der Waals surface area contributed by atoms with Gasteiger partial charge in [0.05, 0.1) is 0 Å². The predicted octanol–water partition coefficient (Wildman–Crippen LogP) is 4.75. The van der Waals surface area contributed by atoms with Gasteiger partial charge in [-0.25, -0.2) is 0 Å². The van der Waals surface area contributed by atoms with E-state index in [0.29, 0.717) is 0 Å². The van der Waals surface area contributed by atoms with Gasteiger partial charge < -0.3 is 4.90 Å². The molecule has 2 nitrogen and oxygen atoms in total. The Hall–Kier alpha value is -1.61. The minimum atomic E-state index is -0.0512. The molecule has 1 atom stereocenters. The van der Waals surface area contributed by atoms with Crippen molar-refractivity contribution in [2.24, 2.45) is 0 Å². The number of nitrogens with zero attached hydrogens (tertiary/aromatic N) is 1. The van der Waals surface area contributed by atoms with Crippen molar-refractivity contribution in [3.63, 3.8) is 0 Å². The van der Waals surface area contributed by atoms with Gasteiger partial charge in [-0.15, -0.1) is 0 Å². The number of rotatable bonds is 0. The van der Waals surface area contributed by atoms with Gasteiger partial charge in [0.25, 0.3) is 0 Å². The van der Waals surface area contributed by atoms with E-state index in [0.717, 1.165) is 29.5 Å². The number of amides is 1. The van der Waals surface area contributed by atoms with E-state index in [4.69, 9.17) is 0 Å². The lowest BCUT2D eigenvalue weighted by Gasteiger charge is -2.37. The van der Waals surface area contributed by atoms with Crippen LogP contribution < -0.4 is 4.90 Å². The quantitative estimate of drug-likeness (QED) is 0.656. The van der Waals surface area contributed by atoms with Crippen molar-refractivity contribution < 1.29 is 4.79 Å². The summed E-state index contributed by atoms with van der Waals surface area (Å²) >= 11 is 3.62. The van der Waals surface area contributed by atoms with Gasteiger partial charge in [-0.1, -0.05) is 39.7 Å². The van der Waals surface area contributed by atoms with E-state index in [2.05, 4.69) is 53.2 Å². The molecule has 4 rings (SSSR count). The molecule has 2 aromatic carbocycles. The van der Waals surface area contributed by atoms with Gasteiger partial charge in [0.2, 0.25) is 5.91 Å². The summed E-state index contributed by atoms with van der Waals surface area (Å²) in [4.78, 5) is 14.2. The SMILES string of the molecule is CC(=O)N1CC2(CCCc3ccc(C)cc32)c2cc(Br)ccc21. The fourth-order valence-electron chi connectivity index (χ4n) is 4.36. The van der Waals surface area contributed by atoms with Crippen LogP contribution in [0.1, 0.15) is 42.0 Å². The highest BCUT2D eigenvalue weighted by molar-refractivity contribution is 9.10. The Labute approximate surface area is 145 Å². The van der Waals surface area contributed by atoms with Gasteiger partial charge in [-0.05, 0) is 61.1 Å². The maximum Gasteiger partial charge on any atom is 0.223 e. The summed E-state index contributed by atoms with van der Waals surface area (Å²) < 4.78 is 1.08. The van der Waals surface area contributed by atoms with Crippen LogP contribution in [0, 0.1) is 6.92 Å². The van der Waals surface area contributed by atoms with Crippen LogP contribution in [0.3, 0.4) is 0 Å². The van der Waals surface area contributed by atoms with Crippen LogP contribution in [0.4, 0.5) is 5.69 Å². The molecule has 1 aliphatic heterocycles. The number of aryl methyl sites for hydroxylation is 2. The molecule has 118 valence electrons. The Morgan fingerprint density at radius 2 is 2.00 bits per heavy atom. The molecule has 2 aromatic rings. The molecule has 0 saturated carbocycles. The highest BCUT2D eigenvalue weighted by Crippen LogP contribution is 2.52. The van der Waals surface area contributed by atoms with Crippen LogP contribution in [0.2, 0.25) is 0 Å². The first-order chi connectivity index (χ1) is 11.0. The summed E-state index contributed by atoms with van der Waals surface area (Å²) in [5.74, 6) is 0.130. The van der Waals surface area contributed by atoms with Crippen molar-refractivity contribution in [3.05, 3.63) is 63.1 Å². The fraction of sp³-hybridized carbons (Fsp3) is 0.350. The Balaban J connectivity index is 1.99. The van der Waals surface area contributed by atoms with Crippen molar-refractivity contribution in [2.75, 3.05) is 11.4 Å². The number of benzene rings is 2. The zero-order chi connectivity index (χ0) is 16.2. The molecule has 0 radical (unpaired) electrons. The third-order valence-electron chi connectivity index (χ3n) is 5.40. The first-order valence-corrected chi connectivity index (χ1v) is 8.99.